The zero-order valence-corrected chi connectivity index (χ0v) is 11.6. The third-order valence-corrected chi connectivity index (χ3v) is 3.98. The fourth-order valence-corrected chi connectivity index (χ4v) is 2.93. The summed E-state index contributed by atoms with van der Waals surface area (Å²) in [5.41, 5.74) is 0.893. The molecule has 5 heteroatoms. The van der Waals surface area contributed by atoms with Crippen LogP contribution in [0.3, 0.4) is 0 Å². The summed E-state index contributed by atoms with van der Waals surface area (Å²) in [4.78, 5) is 14.1. The van der Waals surface area contributed by atoms with Gasteiger partial charge in [-0.2, -0.15) is 0 Å². The monoisotopic (exact) mass is 278 g/mol. The molecule has 20 heavy (non-hydrogen) atoms. The molecule has 0 radical (unpaired) electrons. The Hall–Kier alpha value is -1.62. The van der Waals surface area contributed by atoms with Crippen molar-refractivity contribution >= 4 is 5.91 Å². The number of piperazine rings is 1. The number of rotatable bonds is 3. The quantitative estimate of drug-likeness (QED) is 0.907. The lowest BCUT2D eigenvalue weighted by Gasteiger charge is -2.34. The third kappa shape index (κ3) is 2.50. The average Bonchev–Trinajstić information content (AvgIpc) is 2.82. The number of hydrogen-bond acceptors (Lipinski definition) is 3. The van der Waals surface area contributed by atoms with Crippen LogP contribution < -0.4 is 10.1 Å². The Labute approximate surface area is 117 Å². The summed E-state index contributed by atoms with van der Waals surface area (Å²) >= 11 is 0. The molecular weight excluding hydrogens is 259 g/mol. The SMILES string of the molecule is CCC1NCCN(CC2Cc3cc(F)ccc3O2)C1=O. The highest BCUT2D eigenvalue weighted by molar-refractivity contribution is 5.82. The summed E-state index contributed by atoms with van der Waals surface area (Å²) in [5.74, 6) is 0.646. The molecule has 1 aromatic rings. The Kier molecular flexibility index (Phi) is 3.61. The topological polar surface area (TPSA) is 41.6 Å². The van der Waals surface area contributed by atoms with Crippen molar-refractivity contribution in [2.75, 3.05) is 19.6 Å². The van der Waals surface area contributed by atoms with Crippen molar-refractivity contribution in [3.05, 3.63) is 29.6 Å². The molecule has 2 aliphatic rings. The van der Waals surface area contributed by atoms with Crippen molar-refractivity contribution in [2.45, 2.75) is 31.9 Å². The van der Waals surface area contributed by atoms with Gasteiger partial charge in [-0.15, -0.1) is 0 Å². The molecule has 2 unspecified atom stereocenters. The maximum Gasteiger partial charge on any atom is 0.239 e. The lowest BCUT2D eigenvalue weighted by Crippen LogP contribution is -2.56. The number of benzene rings is 1. The highest BCUT2D eigenvalue weighted by atomic mass is 19.1. The molecule has 0 saturated carbocycles. The van der Waals surface area contributed by atoms with E-state index in [-0.39, 0.29) is 23.9 Å². The summed E-state index contributed by atoms with van der Waals surface area (Å²) in [7, 11) is 0. The second kappa shape index (κ2) is 5.40. The number of nitrogens with zero attached hydrogens (tertiary/aromatic N) is 1. The predicted molar refractivity (Wildman–Crippen MR) is 73.2 cm³/mol. The van der Waals surface area contributed by atoms with E-state index in [1.165, 1.54) is 12.1 Å². The van der Waals surface area contributed by atoms with Crippen molar-refractivity contribution in [2.24, 2.45) is 0 Å². The fraction of sp³-hybridized carbons (Fsp3) is 0.533. The van der Waals surface area contributed by atoms with Crippen LogP contribution in [-0.2, 0) is 11.2 Å². The van der Waals surface area contributed by atoms with Gasteiger partial charge in [-0.05, 0) is 24.6 Å². The fourth-order valence-electron chi connectivity index (χ4n) is 2.93. The molecule has 1 fully saturated rings. The Morgan fingerprint density at radius 2 is 2.35 bits per heavy atom. The van der Waals surface area contributed by atoms with E-state index in [0.29, 0.717) is 19.5 Å². The first-order valence-corrected chi connectivity index (χ1v) is 7.14. The minimum absolute atomic E-state index is 0.0636. The lowest BCUT2D eigenvalue weighted by molar-refractivity contribution is -0.136. The molecule has 1 aromatic carbocycles. The maximum absolute atomic E-state index is 13.2. The van der Waals surface area contributed by atoms with E-state index < -0.39 is 0 Å². The number of amides is 1. The van der Waals surface area contributed by atoms with Crippen molar-refractivity contribution in [1.82, 2.24) is 10.2 Å². The number of nitrogens with one attached hydrogen (secondary N) is 1. The standard InChI is InChI=1S/C15H19FN2O2/c1-2-13-15(19)18(6-5-17-13)9-12-8-10-7-11(16)3-4-14(10)20-12/h3-4,7,12-13,17H,2,5-6,8-9H2,1H3. The van der Waals surface area contributed by atoms with Crippen molar-refractivity contribution in [3.63, 3.8) is 0 Å². The highest BCUT2D eigenvalue weighted by Gasteiger charge is 2.31. The molecule has 0 aromatic heterocycles. The van der Waals surface area contributed by atoms with Gasteiger partial charge in [0.05, 0.1) is 12.6 Å². The van der Waals surface area contributed by atoms with Crippen LogP contribution in [0, 0.1) is 5.82 Å². The predicted octanol–water partition coefficient (Wildman–Crippen LogP) is 1.34. The van der Waals surface area contributed by atoms with Gasteiger partial charge in [-0.3, -0.25) is 4.79 Å². The van der Waals surface area contributed by atoms with Crippen LogP contribution in [0.25, 0.3) is 0 Å². The molecule has 0 aliphatic carbocycles. The summed E-state index contributed by atoms with van der Waals surface area (Å²) < 4.78 is 19.0. The van der Waals surface area contributed by atoms with E-state index in [1.54, 1.807) is 6.07 Å². The second-order valence-corrected chi connectivity index (χ2v) is 5.40. The molecule has 108 valence electrons. The zero-order valence-electron chi connectivity index (χ0n) is 11.6. The maximum atomic E-state index is 13.2. The largest absolute Gasteiger partial charge is 0.488 e. The van der Waals surface area contributed by atoms with E-state index in [9.17, 15) is 9.18 Å². The van der Waals surface area contributed by atoms with Crippen LogP contribution in [0.1, 0.15) is 18.9 Å². The average molecular weight is 278 g/mol. The van der Waals surface area contributed by atoms with Crippen LogP contribution in [0.15, 0.2) is 18.2 Å². The van der Waals surface area contributed by atoms with Crippen LogP contribution in [0.4, 0.5) is 4.39 Å². The van der Waals surface area contributed by atoms with E-state index in [0.717, 1.165) is 24.3 Å². The van der Waals surface area contributed by atoms with Gasteiger partial charge >= 0.3 is 0 Å². The number of hydrogen-bond donors (Lipinski definition) is 1. The van der Waals surface area contributed by atoms with Crippen LogP contribution in [0.5, 0.6) is 5.75 Å². The normalized spacial score (nSPS) is 25.5. The number of fused-ring (bicyclic) bond motifs is 1. The highest BCUT2D eigenvalue weighted by Crippen LogP contribution is 2.29. The minimum atomic E-state index is -0.239. The molecular formula is C15H19FN2O2. The molecule has 1 saturated heterocycles. The Morgan fingerprint density at radius 1 is 1.50 bits per heavy atom. The van der Waals surface area contributed by atoms with E-state index >= 15 is 0 Å². The van der Waals surface area contributed by atoms with Gasteiger partial charge in [-0.1, -0.05) is 6.92 Å². The Morgan fingerprint density at radius 3 is 3.15 bits per heavy atom. The first-order valence-electron chi connectivity index (χ1n) is 7.14. The first kappa shape index (κ1) is 13.4. The Balaban J connectivity index is 1.64. The van der Waals surface area contributed by atoms with E-state index in [4.69, 9.17) is 4.74 Å². The summed E-state index contributed by atoms with van der Waals surface area (Å²) in [5, 5.41) is 3.22. The van der Waals surface area contributed by atoms with Crippen molar-refractivity contribution in [3.8, 4) is 5.75 Å². The molecule has 0 spiro atoms. The lowest BCUT2D eigenvalue weighted by atomic mass is 10.1. The summed E-state index contributed by atoms with van der Waals surface area (Å²) in [6.45, 7) is 4.11. The van der Waals surface area contributed by atoms with Gasteiger partial charge in [-0.25, -0.2) is 4.39 Å². The molecule has 1 amide bonds. The van der Waals surface area contributed by atoms with Gasteiger partial charge in [0.1, 0.15) is 17.7 Å². The van der Waals surface area contributed by atoms with Gasteiger partial charge < -0.3 is 15.0 Å². The van der Waals surface area contributed by atoms with Gasteiger partial charge in [0.25, 0.3) is 0 Å². The first-order chi connectivity index (χ1) is 9.67. The second-order valence-electron chi connectivity index (χ2n) is 5.40. The molecule has 2 aliphatic heterocycles. The van der Waals surface area contributed by atoms with E-state index in [2.05, 4.69) is 5.32 Å². The Bertz CT molecular complexity index is 521. The number of carbonyl (C=O) groups excluding carboxylic acids is 1. The van der Waals surface area contributed by atoms with E-state index in [1.807, 2.05) is 11.8 Å². The van der Waals surface area contributed by atoms with Crippen LogP contribution in [0.2, 0.25) is 0 Å². The van der Waals surface area contributed by atoms with Gasteiger partial charge in [0, 0.05) is 25.1 Å². The number of carbonyl (C=O) groups is 1. The molecule has 2 heterocycles. The molecule has 2 atom stereocenters. The number of halogens is 1. The third-order valence-electron chi connectivity index (χ3n) is 3.98. The molecule has 0 bridgehead atoms. The van der Waals surface area contributed by atoms with Crippen LogP contribution >= 0.6 is 0 Å². The molecule has 3 rings (SSSR count). The summed E-state index contributed by atoms with van der Waals surface area (Å²) in [6.07, 6.45) is 1.40. The summed E-state index contributed by atoms with van der Waals surface area (Å²) in [6, 6.07) is 4.51. The molecule has 4 nitrogen and oxygen atoms in total. The minimum Gasteiger partial charge on any atom is -0.488 e. The van der Waals surface area contributed by atoms with Gasteiger partial charge in [0.2, 0.25) is 5.91 Å². The number of ether oxygens (including phenoxy) is 1. The van der Waals surface area contributed by atoms with Crippen LogP contribution in [-0.4, -0.2) is 42.6 Å². The van der Waals surface area contributed by atoms with Gasteiger partial charge in [0.15, 0.2) is 0 Å². The molecule has 1 N–H and O–H groups in total. The smallest absolute Gasteiger partial charge is 0.239 e. The zero-order chi connectivity index (χ0) is 14.1. The van der Waals surface area contributed by atoms with Crippen molar-refractivity contribution < 1.29 is 13.9 Å². The van der Waals surface area contributed by atoms with Crippen molar-refractivity contribution in [1.29, 1.82) is 0 Å².